The average Bonchev–Trinajstić information content (AvgIpc) is 2.45. The van der Waals surface area contributed by atoms with Gasteiger partial charge in [0, 0.05) is 27.8 Å². The van der Waals surface area contributed by atoms with Crippen molar-refractivity contribution in [2.24, 2.45) is 5.73 Å². The van der Waals surface area contributed by atoms with Crippen molar-refractivity contribution in [3.05, 3.63) is 63.1 Å². The van der Waals surface area contributed by atoms with Gasteiger partial charge in [-0.05, 0) is 42.8 Å². The molecule has 0 saturated carbocycles. The largest absolute Gasteiger partial charge is 0.389 e. The molecular formula is C16H16BrClN2S. The first kappa shape index (κ1) is 16.3. The topological polar surface area (TPSA) is 29.3 Å². The van der Waals surface area contributed by atoms with Crippen LogP contribution in [0, 0.1) is 0 Å². The third-order valence-corrected chi connectivity index (χ3v) is 4.47. The molecule has 0 spiro atoms. The first-order chi connectivity index (χ1) is 9.90. The molecule has 0 aliphatic rings. The molecule has 110 valence electrons. The van der Waals surface area contributed by atoms with Gasteiger partial charge in [0.15, 0.2) is 0 Å². The highest BCUT2D eigenvalue weighted by atomic mass is 79.9. The quantitative estimate of drug-likeness (QED) is 0.759. The van der Waals surface area contributed by atoms with E-state index in [-0.39, 0.29) is 6.04 Å². The lowest BCUT2D eigenvalue weighted by atomic mass is 10.1. The summed E-state index contributed by atoms with van der Waals surface area (Å²) in [5.74, 6) is 0. The van der Waals surface area contributed by atoms with Crippen molar-refractivity contribution in [2.45, 2.75) is 13.0 Å². The van der Waals surface area contributed by atoms with E-state index in [0.29, 0.717) is 4.99 Å². The maximum absolute atomic E-state index is 6.08. The first-order valence-corrected chi connectivity index (χ1v) is 8.05. The fourth-order valence-electron chi connectivity index (χ4n) is 2.20. The van der Waals surface area contributed by atoms with Crippen LogP contribution in [-0.2, 0) is 0 Å². The summed E-state index contributed by atoms with van der Waals surface area (Å²) >= 11 is 14.7. The van der Waals surface area contributed by atoms with Crippen LogP contribution in [0.15, 0.2) is 46.9 Å². The molecule has 1 unspecified atom stereocenters. The molecule has 0 fully saturated rings. The Morgan fingerprint density at radius 3 is 2.62 bits per heavy atom. The van der Waals surface area contributed by atoms with E-state index in [4.69, 9.17) is 29.6 Å². The Hall–Kier alpha value is -1.10. The predicted octanol–water partition coefficient (Wildman–Crippen LogP) is 4.93. The second-order valence-electron chi connectivity index (χ2n) is 4.87. The summed E-state index contributed by atoms with van der Waals surface area (Å²) in [4.78, 5) is 2.54. The fourth-order valence-corrected chi connectivity index (χ4v) is 2.92. The van der Waals surface area contributed by atoms with Gasteiger partial charge in [0.2, 0.25) is 0 Å². The number of hydrogen-bond acceptors (Lipinski definition) is 2. The molecule has 0 aromatic heterocycles. The van der Waals surface area contributed by atoms with Crippen LogP contribution in [0.4, 0.5) is 5.69 Å². The maximum Gasteiger partial charge on any atom is 0.106 e. The summed E-state index contributed by atoms with van der Waals surface area (Å²) in [6, 6.07) is 13.9. The number of thiocarbonyl (C=S) groups is 1. The summed E-state index contributed by atoms with van der Waals surface area (Å²) in [6.07, 6.45) is 0. The second-order valence-corrected chi connectivity index (χ2v) is 6.66. The first-order valence-electron chi connectivity index (χ1n) is 6.48. The molecule has 0 bridgehead atoms. The average molecular weight is 384 g/mol. The van der Waals surface area contributed by atoms with E-state index >= 15 is 0 Å². The van der Waals surface area contributed by atoms with Gasteiger partial charge >= 0.3 is 0 Å². The van der Waals surface area contributed by atoms with Gasteiger partial charge in [-0.2, -0.15) is 0 Å². The van der Waals surface area contributed by atoms with Crippen molar-refractivity contribution in [3.8, 4) is 0 Å². The van der Waals surface area contributed by atoms with Crippen LogP contribution < -0.4 is 10.6 Å². The van der Waals surface area contributed by atoms with Crippen molar-refractivity contribution < 1.29 is 0 Å². The lowest BCUT2D eigenvalue weighted by Crippen LogP contribution is -2.25. The molecule has 0 saturated heterocycles. The Morgan fingerprint density at radius 2 is 2.00 bits per heavy atom. The molecule has 2 nitrogen and oxygen atoms in total. The van der Waals surface area contributed by atoms with Gasteiger partial charge in [-0.1, -0.05) is 51.9 Å². The van der Waals surface area contributed by atoms with Crippen LogP contribution in [0.1, 0.15) is 24.1 Å². The number of anilines is 1. The standard InChI is InChI=1S/C16H16BrClN2S/c1-10(11-4-3-5-13(18)8-11)20(2)15-9-12(17)6-7-14(15)16(19)21/h3-10H,1-2H3,(H2,19,21). The molecule has 0 heterocycles. The number of halogens is 2. The Labute approximate surface area is 144 Å². The van der Waals surface area contributed by atoms with E-state index in [1.54, 1.807) is 0 Å². The molecule has 5 heteroatoms. The zero-order chi connectivity index (χ0) is 15.6. The molecule has 2 aromatic rings. The van der Waals surface area contributed by atoms with Gasteiger partial charge in [-0.3, -0.25) is 0 Å². The monoisotopic (exact) mass is 382 g/mol. The third kappa shape index (κ3) is 3.76. The van der Waals surface area contributed by atoms with Gasteiger partial charge in [0.1, 0.15) is 4.99 Å². The molecule has 0 aliphatic carbocycles. The highest BCUT2D eigenvalue weighted by Crippen LogP contribution is 2.31. The van der Waals surface area contributed by atoms with E-state index in [9.17, 15) is 0 Å². The zero-order valence-electron chi connectivity index (χ0n) is 11.8. The van der Waals surface area contributed by atoms with Crippen LogP contribution in [-0.4, -0.2) is 12.0 Å². The molecule has 0 amide bonds. The van der Waals surface area contributed by atoms with Crippen molar-refractivity contribution in [2.75, 3.05) is 11.9 Å². The van der Waals surface area contributed by atoms with E-state index in [1.165, 1.54) is 0 Å². The van der Waals surface area contributed by atoms with Gasteiger partial charge < -0.3 is 10.6 Å². The summed E-state index contributed by atoms with van der Waals surface area (Å²) in [5, 5.41) is 0.733. The van der Waals surface area contributed by atoms with E-state index in [2.05, 4.69) is 33.8 Å². The summed E-state index contributed by atoms with van der Waals surface area (Å²) in [5.41, 5.74) is 8.83. The predicted molar refractivity (Wildman–Crippen MR) is 98.3 cm³/mol. The van der Waals surface area contributed by atoms with E-state index in [0.717, 1.165) is 26.3 Å². The van der Waals surface area contributed by atoms with E-state index < -0.39 is 0 Å². The zero-order valence-corrected chi connectivity index (χ0v) is 15.0. The number of benzene rings is 2. The summed E-state index contributed by atoms with van der Waals surface area (Å²) in [6.45, 7) is 2.12. The second kappa shape index (κ2) is 6.77. The van der Waals surface area contributed by atoms with Crippen LogP contribution in [0.5, 0.6) is 0 Å². The van der Waals surface area contributed by atoms with Crippen molar-refractivity contribution in [1.82, 2.24) is 0 Å². The van der Waals surface area contributed by atoms with Gasteiger partial charge in [-0.15, -0.1) is 0 Å². The Bertz CT molecular complexity index is 675. The fraction of sp³-hybridized carbons (Fsp3) is 0.188. The molecule has 2 aromatic carbocycles. The Kier molecular flexibility index (Phi) is 5.25. The minimum absolute atomic E-state index is 0.145. The molecule has 0 radical (unpaired) electrons. The van der Waals surface area contributed by atoms with Gasteiger partial charge in [-0.25, -0.2) is 0 Å². The molecule has 21 heavy (non-hydrogen) atoms. The Balaban J connectivity index is 2.41. The summed E-state index contributed by atoms with van der Waals surface area (Å²) < 4.78 is 0.989. The minimum Gasteiger partial charge on any atom is -0.389 e. The summed E-state index contributed by atoms with van der Waals surface area (Å²) in [7, 11) is 2.02. The SMILES string of the molecule is CC(c1cccc(Cl)c1)N(C)c1cc(Br)ccc1C(N)=S. The van der Waals surface area contributed by atoms with Crippen LogP contribution >= 0.6 is 39.7 Å². The maximum atomic E-state index is 6.08. The Morgan fingerprint density at radius 1 is 1.29 bits per heavy atom. The molecular weight excluding hydrogens is 368 g/mol. The lowest BCUT2D eigenvalue weighted by Gasteiger charge is -2.29. The van der Waals surface area contributed by atoms with Gasteiger partial charge in [0.05, 0.1) is 6.04 Å². The smallest absolute Gasteiger partial charge is 0.106 e. The van der Waals surface area contributed by atoms with Crippen molar-refractivity contribution in [1.29, 1.82) is 0 Å². The highest BCUT2D eigenvalue weighted by Gasteiger charge is 2.17. The molecule has 1 atom stereocenters. The highest BCUT2D eigenvalue weighted by molar-refractivity contribution is 9.10. The normalized spacial score (nSPS) is 12.0. The number of nitrogens with zero attached hydrogens (tertiary/aromatic N) is 1. The minimum atomic E-state index is 0.145. The number of hydrogen-bond donors (Lipinski definition) is 1. The van der Waals surface area contributed by atoms with E-state index in [1.807, 2.05) is 43.4 Å². The lowest BCUT2D eigenvalue weighted by molar-refractivity contribution is 0.739. The van der Waals surface area contributed by atoms with Crippen LogP contribution in [0.2, 0.25) is 5.02 Å². The molecule has 2 N–H and O–H groups in total. The third-order valence-electron chi connectivity index (χ3n) is 3.52. The number of nitrogens with two attached hydrogens (primary N) is 1. The van der Waals surface area contributed by atoms with Crippen LogP contribution in [0.25, 0.3) is 0 Å². The van der Waals surface area contributed by atoms with Crippen molar-refractivity contribution in [3.63, 3.8) is 0 Å². The molecule has 0 aliphatic heterocycles. The van der Waals surface area contributed by atoms with Crippen molar-refractivity contribution >= 4 is 50.4 Å². The van der Waals surface area contributed by atoms with Gasteiger partial charge in [0.25, 0.3) is 0 Å². The van der Waals surface area contributed by atoms with Crippen LogP contribution in [0.3, 0.4) is 0 Å². The number of rotatable bonds is 4. The molecule has 2 rings (SSSR count).